The van der Waals surface area contributed by atoms with E-state index in [0.29, 0.717) is 0 Å². The normalized spacial score (nSPS) is 13.6. The summed E-state index contributed by atoms with van der Waals surface area (Å²) in [7, 11) is 0. The summed E-state index contributed by atoms with van der Waals surface area (Å²) >= 11 is 3.39. The minimum Gasteiger partial charge on any atom is -0.484 e. The van der Waals surface area contributed by atoms with Gasteiger partial charge in [-0.1, -0.05) is 46.3 Å². The van der Waals surface area contributed by atoms with E-state index in [1.807, 2.05) is 29.2 Å². The number of aryl methyl sites for hydroxylation is 1. The minimum atomic E-state index is -1.82. The van der Waals surface area contributed by atoms with Crippen LogP contribution >= 0.6 is 15.9 Å². The van der Waals surface area contributed by atoms with E-state index < -0.39 is 11.9 Å². The first-order valence-electron chi connectivity index (χ1n) is 10.2. The summed E-state index contributed by atoms with van der Waals surface area (Å²) in [6, 6.07) is 18.2. The van der Waals surface area contributed by atoms with Gasteiger partial charge in [-0.25, -0.2) is 9.59 Å². The number of hydrogen-bond acceptors (Lipinski definition) is 5. The molecule has 0 saturated carbocycles. The van der Waals surface area contributed by atoms with Crippen molar-refractivity contribution in [1.82, 2.24) is 9.80 Å². The number of ether oxygens (including phenoxy) is 1. The Labute approximate surface area is 195 Å². The Morgan fingerprint density at radius 3 is 2.03 bits per heavy atom. The van der Waals surface area contributed by atoms with Crippen LogP contribution in [0.4, 0.5) is 0 Å². The molecule has 1 aliphatic rings. The van der Waals surface area contributed by atoms with Gasteiger partial charge in [0.05, 0.1) is 0 Å². The van der Waals surface area contributed by atoms with Crippen molar-refractivity contribution in [1.29, 1.82) is 0 Å². The van der Waals surface area contributed by atoms with Crippen molar-refractivity contribution in [2.45, 2.75) is 12.8 Å². The van der Waals surface area contributed by atoms with E-state index in [2.05, 4.69) is 51.2 Å². The molecule has 0 bridgehead atoms. The van der Waals surface area contributed by atoms with Crippen LogP contribution in [0.1, 0.15) is 12.0 Å². The molecule has 0 aliphatic carbocycles. The molecule has 1 heterocycles. The molecule has 1 aliphatic heterocycles. The van der Waals surface area contributed by atoms with Gasteiger partial charge >= 0.3 is 11.9 Å². The molecule has 2 aromatic carbocycles. The van der Waals surface area contributed by atoms with E-state index in [4.69, 9.17) is 24.5 Å². The predicted octanol–water partition coefficient (Wildman–Crippen LogP) is 2.76. The Morgan fingerprint density at radius 1 is 0.875 bits per heavy atom. The van der Waals surface area contributed by atoms with Crippen LogP contribution in [-0.4, -0.2) is 77.2 Å². The zero-order chi connectivity index (χ0) is 23.3. The highest BCUT2D eigenvalue weighted by molar-refractivity contribution is 9.10. The van der Waals surface area contributed by atoms with Gasteiger partial charge in [0.1, 0.15) is 5.75 Å². The summed E-state index contributed by atoms with van der Waals surface area (Å²) in [5.41, 5.74) is 1.39. The van der Waals surface area contributed by atoms with E-state index >= 15 is 0 Å². The largest absolute Gasteiger partial charge is 0.484 e. The topological polar surface area (TPSA) is 107 Å². The summed E-state index contributed by atoms with van der Waals surface area (Å²) in [5.74, 6) is -2.86. The zero-order valence-electron chi connectivity index (χ0n) is 17.7. The van der Waals surface area contributed by atoms with E-state index in [1.165, 1.54) is 5.56 Å². The lowest BCUT2D eigenvalue weighted by Gasteiger charge is -2.34. The van der Waals surface area contributed by atoms with Gasteiger partial charge in [0, 0.05) is 30.7 Å². The van der Waals surface area contributed by atoms with E-state index in [-0.39, 0.29) is 12.5 Å². The third kappa shape index (κ3) is 9.49. The first-order valence-corrected chi connectivity index (χ1v) is 11.0. The highest BCUT2D eigenvalue weighted by Crippen LogP contribution is 2.16. The maximum Gasteiger partial charge on any atom is 0.414 e. The fourth-order valence-electron chi connectivity index (χ4n) is 3.14. The molecule has 0 spiro atoms. The van der Waals surface area contributed by atoms with Crippen molar-refractivity contribution in [2.75, 3.05) is 39.3 Å². The van der Waals surface area contributed by atoms with Gasteiger partial charge in [0.2, 0.25) is 0 Å². The maximum atomic E-state index is 12.3. The van der Waals surface area contributed by atoms with Crippen LogP contribution in [0.3, 0.4) is 0 Å². The average Bonchev–Trinajstić information content (AvgIpc) is 2.80. The second-order valence-corrected chi connectivity index (χ2v) is 8.08. The SMILES string of the molecule is O=C(COc1ccc(Br)cc1)N1CCN(CCCc2ccccc2)CC1.O=C(O)C(=O)O. The summed E-state index contributed by atoms with van der Waals surface area (Å²) in [6.07, 6.45) is 2.27. The number of amides is 1. The van der Waals surface area contributed by atoms with Crippen molar-refractivity contribution >= 4 is 33.8 Å². The minimum absolute atomic E-state index is 0.0665. The summed E-state index contributed by atoms with van der Waals surface area (Å²) in [5, 5.41) is 14.8. The number of piperazine rings is 1. The van der Waals surface area contributed by atoms with Crippen LogP contribution in [0.5, 0.6) is 5.75 Å². The van der Waals surface area contributed by atoms with Crippen LogP contribution in [0, 0.1) is 0 Å². The molecular formula is C23H27BrN2O6. The van der Waals surface area contributed by atoms with Gasteiger partial charge in [-0.3, -0.25) is 9.69 Å². The first-order chi connectivity index (χ1) is 15.3. The molecule has 2 aromatic rings. The molecular weight excluding hydrogens is 480 g/mol. The van der Waals surface area contributed by atoms with Gasteiger partial charge in [0.25, 0.3) is 5.91 Å². The van der Waals surface area contributed by atoms with E-state index in [9.17, 15) is 4.79 Å². The number of carbonyl (C=O) groups is 3. The van der Waals surface area contributed by atoms with Gasteiger partial charge in [0.15, 0.2) is 6.61 Å². The van der Waals surface area contributed by atoms with E-state index in [1.54, 1.807) is 0 Å². The molecule has 1 fully saturated rings. The molecule has 0 atom stereocenters. The third-order valence-corrected chi connectivity index (χ3v) is 5.40. The fraction of sp³-hybridized carbons (Fsp3) is 0.348. The molecule has 8 nitrogen and oxygen atoms in total. The number of halogens is 1. The second-order valence-electron chi connectivity index (χ2n) is 7.16. The van der Waals surface area contributed by atoms with Gasteiger partial charge in [-0.2, -0.15) is 0 Å². The van der Waals surface area contributed by atoms with Gasteiger partial charge in [-0.05, 0) is 49.2 Å². The lowest BCUT2D eigenvalue weighted by Crippen LogP contribution is -2.50. The molecule has 1 saturated heterocycles. The van der Waals surface area contributed by atoms with Crippen LogP contribution < -0.4 is 4.74 Å². The smallest absolute Gasteiger partial charge is 0.414 e. The lowest BCUT2D eigenvalue weighted by atomic mass is 10.1. The zero-order valence-corrected chi connectivity index (χ0v) is 19.2. The highest BCUT2D eigenvalue weighted by atomic mass is 79.9. The van der Waals surface area contributed by atoms with Gasteiger partial charge in [-0.15, -0.1) is 0 Å². The number of rotatable bonds is 7. The summed E-state index contributed by atoms with van der Waals surface area (Å²) < 4.78 is 6.59. The number of carboxylic acid groups (broad SMARTS) is 2. The fourth-order valence-corrected chi connectivity index (χ4v) is 3.40. The molecule has 0 radical (unpaired) electrons. The Morgan fingerprint density at radius 2 is 1.47 bits per heavy atom. The first kappa shape index (κ1) is 25.4. The van der Waals surface area contributed by atoms with Crippen molar-refractivity contribution in [3.8, 4) is 5.75 Å². The Bertz CT molecular complexity index is 856. The third-order valence-electron chi connectivity index (χ3n) is 4.87. The number of hydrogen-bond donors (Lipinski definition) is 2. The Kier molecular flexibility index (Phi) is 10.7. The number of carbonyl (C=O) groups excluding carboxylic acids is 1. The number of benzene rings is 2. The number of nitrogens with zero attached hydrogens (tertiary/aromatic N) is 2. The number of aliphatic carboxylic acids is 2. The van der Waals surface area contributed by atoms with Crippen LogP contribution in [0.25, 0.3) is 0 Å². The molecule has 2 N–H and O–H groups in total. The summed E-state index contributed by atoms with van der Waals surface area (Å²) in [4.78, 5) is 34.9. The highest BCUT2D eigenvalue weighted by Gasteiger charge is 2.21. The van der Waals surface area contributed by atoms with Crippen molar-refractivity contribution < 1.29 is 29.3 Å². The van der Waals surface area contributed by atoms with Crippen molar-refractivity contribution in [3.05, 3.63) is 64.6 Å². The molecule has 9 heteroatoms. The monoisotopic (exact) mass is 506 g/mol. The average molecular weight is 507 g/mol. The molecule has 0 unspecified atom stereocenters. The molecule has 0 aromatic heterocycles. The number of carboxylic acids is 2. The molecule has 1 amide bonds. The quantitative estimate of drug-likeness (QED) is 0.555. The van der Waals surface area contributed by atoms with Crippen LogP contribution in [0.15, 0.2) is 59.1 Å². The lowest BCUT2D eigenvalue weighted by molar-refractivity contribution is -0.159. The van der Waals surface area contributed by atoms with Crippen LogP contribution in [0.2, 0.25) is 0 Å². The summed E-state index contributed by atoms with van der Waals surface area (Å²) in [6.45, 7) is 4.65. The Balaban J connectivity index is 0.000000534. The Hall–Kier alpha value is -2.91. The second kappa shape index (κ2) is 13.5. The van der Waals surface area contributed by atoms with Gasteiger partial charge < -0.3 is 19.8 Å². The van der Waals surface area contributed by atoms with Crippen molar-refractivity contribution in [2.24, 2.45) is 0 Å². The molecule has 32 heavy (non-hydrogen) atoms. The van der Waals surface area contributed by atoms with E-state index in [0.717, 1.165) is 55.8 Å². The standard InChI is InChI=1S/C21H25BrN2O2.C2H2O4/c22-19-8-10-20(11-9-19)26-17-21(25)24-15-13-23(14-16-24)12-4-7-18-5-2-1-3-6-18;3-1(4)2(5)6/h1-3,5-6,8-11H,4,7,12-17H2;(H,3,4)(H,5,6). The molecule has 172 valence electrons. The maximum absolute atomic E-state index is 12.3. The molecule has 3 rings (SSSR count). The van der Waals surface area contributed by atoms with Crippen LogP contribution in [-0.2, 0) is 20.8 Å². The predicted molar refractivity (Wildman–Crippen MR) is 123 cm³/mol. The van der Waals surface area contributed by atoms with Crippen molar-refractivity contribution in [3.63, 3.8) is 0 Å².